The topological polar surface area (TPSA) is 101 Å². The lowest BCUT2D eigenvalue weighted by atomic mass is 9.87. The van der Waals surface area contributed by atoms with Crippen LogP contribution in [0.4, 0.5) is 18.9 Å². The Morgan fingerprint density at radius 2 is 1.79 bits per heavy atom. The number of benzene rings is 2. The highest BCUT2D eigenvalue weighted by atomic mass is 35.5. The van der Waals surface area contributed by atoms with Crippen molar-refractivity contribution in [2.45, 2.75) is 36.8 Å². The van der Waals surface area contributed by atoms with Gasteiger partial charge in [0.05, 0.1) is 5.92 Å². The van der Waals surface area contributed by atoms with Crippen molar-refractivity contribution in [3.63, 3.8) is 0 Å². The Kier molecular flexibility index (Phi) is 7.26. The summed E-state index contributed by atoms with van der Waals surface area (Å²) in [4.78, 5) is 49.9. The van der Waals surface area contributed by atoms with E-state index in [4.69, 9.17) is 16.3 Å². The van der Waals surface area contributed by atoms with Crippen LogP contribution < -0.4 is 10.2 Å². The molecule has 0 spiro atoms. The Hall–Kier alpha value is -3.99. The number of nitrogens with one attached hydrogen (secondary N) is 1. The van der Waals surface area contributed by atoms with Gasteiger partial charge < -0.3 is 10.1 Å². The number of aromatic nitrogens is 2. The number of amides is 2. The molecule has 3 aromatic rings. The predicted octanol–water partition coefficient (Wildman–Crippen LogP) is 4.21. The minimum absolute atomic E-state index is 0.00825. The van der Waals surface area contributed by atoms with E-state index in [0.29, 0.717) is 0 Å². The van der Waals surface area contributed by atoms with Gasteiger partial charge in [-0.15, -0.1) is 0 Å². The average Bonchev–Trinajstić information content (AvgIpc) is 3.28. The van der Waals surface area contributed by atoms with Gasteiger partial charge in [0, 0.05) is 47.6 Å². The van der Waals surface area contributed by atoms with Gasteiger partial charge in [-0.3, -0.25) is 19.3 Å². The Morgan fingerprint density at radius 3 is 2.46 bits per heavy atom. The Morgan fingerprint density at radius 1 is 1.08 bits per heavy atom. The molecule has 1 N–H and O–H groups in total. The van der Waals surface area contributed by atoms with Crippen molar-refractivity contribution in [2.24, 2.45) is 5.92 Å². The lowest BCUT2D eigenvalue weighted by molar-refractivity contribution is -0.139. The first-order valence-corrected chi connectivity index (χ1v) is 12.5. The lowest BCUT2D eigenvalue weighted by Crippen LogP contribution is -2.54. The largest absolute Gasteiger partial charge is 0.464 e. The van der Waals surface area contributed by atoms with Gasteiger partial charge in [-0.1, -0.05) is 35.9 Å². The second-order valence-corrected chi connectivity index (χ2v) is 9.81. The van der Waals surface area contributed by atoms with Gasteiger partial charge in [-0.2, -0.15) is 0 Å². The fraction of sp³-hybridized carbons (Fsp3) is 0.296. The maximum Gasteiger partial charge on any atom is 0.317 e. The minimum atomic E-state index is -2.90. The van der Waals surface area contributed by atoms with Crippen LogP contribution in [0.5, 0.6) is 0 Å². The van der Waals surface area contributed by atoms with E-state index in [9.17, 15) is 27.6 Å². The van der Waals surface area contributed by atoms with E-state index in [0.717, 1.165) is 17.0 Å². The number of hydrogen-bond acceptors (Lipinski definition) is 6. The molecule has 202 valence electrons. The molecule has 39 heavy (non-hydrogen) atoms. The Balaban J connectivity index is 1.60. The molecule has 2 amide bonds. The molecule has 1 aromatic heterocycles. The van der Waals surface area contributed by atoms with Crippen LogP contribution >= 0.6 is 11.6 Å². The maximum atomic E-state index is 14.4. The Bertz CT molecular complexity index is 1400. The molecule has 5 rings (SSSR count). The molecule has 1 saturated heterocycles. The van der Waals surface area contributed by atoms with Crippen LogP contribution in [0.3, 0.4) is 0 Å². The van der Waals surface area contributed by atoms with Crippen molar-refractivity contribution in [3.05, 3.63) is 89.2 Å². The van der Waals surface area contributed by atoms with Gasteiger partial charge in [0.15, 0.2) is 0 Å². The molecule has 12 heteroatoms. The molecule has 1 saturated carbocycles. The number of nitrogens with zero attached hydrogens (tertiary/aromatic N) is 3. The number of alkyl halides is 2. The van der Waals surface area contributed by atoms with Crippen LogP contribution in [0.2, 0.25) is 5.02 Å². The monoisotopic (exact) mass is 558 g/mol. The zero-order valence-corrected chi connectivity index (χ0v) is 21.0. The van der Waals surface area contributed by atoms with Crippen LogP contribution in [0.15, 0.2) is 67.0 Å². The highest BCUT2D eigenvalue weighted by molar-refractivity contribution is 6.31. The third-order valence-corrected chi connectivity index (χ3v) is 7.05. The number of carbonyl (C=O) groups excluding carboxylic acids is 3. The fourth-order valence-electron chi connectivity index (χ4n) is 4.84. The highest BCUT2D eigenvalue weighted by Gasteiger charge is 2.50. The van der Waals surface area contributed by atoms with E-state index >= 15 is 0 Å². The second kappa shape index (κ2) is 10.6. The van der Waals surface area contributed by atoms with Gasteiger partial charge in [0.2, 0.25) is 11.8 Å². The molecule has 2 aliphatic rings. The highest BCUT2D eigenvalue weighted by Crippen LogP contribution is 2.40. The normalized spacial score (nSPS) is 21.0. The molecule has 0 bridgehead atoms. The molecule has 1 aliphatic heterocycles. The van der Waals surface area contributed by atoms with E-state index in [2.05, 4.69) is 15.3 Å². The summed E-state index contributed by atoms with van der Waals surface area (Å²) < 4.78 is 46.7. The third-order valence-electron chi connectivity index (χ3n) is 6.71. The van der Waals surface area contributed by atoms with Crippen molar-refractivity contribution in [3.8, 4) is 0 Å². The number of cyclic esters (lactones) is 1. The summed E-state index contributed by atoms with van der Waals surface area (Å²) >= 11 is 6.46. The number of carbonyl (C=O) groups is 3. The minimum Gasteiger partial charge on any atom is -0.464 e. The van der Waals surface area contributed by atoms with Gasteiger partial charge in [0.1, 0.15) is 30.2 Å². The molecule has 1 aliphatic carbocycles. The van der Waals surface area contributed by atoms with Crippen molar-refractivity contribution < 1.29 is 32.3 Å². The molecule has 2 fully saturated rings. The summed E-state index contributed by atoms with van der Waals surface area (Å²) in [6, 6.07) is 10.4. The van der Waals surface area contributed by atoms with E-state index in [1.165, 1.54) is 36.7 Å². The van der Waals surface area contributed by atoms with Crippen molar-refractivity contribution in [1.82, 2.24) is 15.3 Å². The SMILES string of the molecule is O=C1OC[C@@H](C(=O)N(c2cccc(F)c2)[C@H](C(=O)NC2CC(F)(F)C2)c2ccccc2Cl)C1c1ncccn1. The standard InChI is InChI=1S/C27H22ClF3N4O4/c28-20-8-2-1-7-18(20)22(24(36)34-16-12-27(30,31)13-16)35(17-6-3-5-15(29)11-17)25(37)19-14-39-26(38)21(19)23-32-9-4-10-33-23/h1-11,16,19,21-22H,12-14H2,(H,34,36)/t19-,21?,22+/m1/s1. The molecule has 2 aromatic carbocycles. The first-order valence-electron chi connectivity index (χ1n) is 12.1. The fourth-order valence-corrected chi connectivity index (χ4v) is 5.08. The first-order chi connectivity index (χ1) is 18.6. The van der Waals surface area contributed by atoms with Crippen LogP contribution in [0.1, 0.15) is 36.2 Å². The van der Waals surface area contributed by atoms with E-state index in [1.54, 1.807) is 18.2 Å². The Labute approximate surface area is 226 Å². The molecule has 8 nitrogen and oxygen atoms in total. The zero-order chi connectivity index (χ0) is 27.7. The molecular formula is C27H22ClF3N4O4. The van der Waals surface area contributed by atoms with Gasteiger partial charge in [-0.25, -0.2) is 23.1 Å². The van der Waals surface area contributed by atoms with Crippen molar-refractivity contribution in [1.29, 1.82) is 0 Å². The quantitative estimate of drug-likeness (QED) is 0.436. The average molecular weight is 559 g/mol. The summed E-state index contributed by atoms with van der Waals surface area (Å²) in [5.74, 6) is -8.18. The van der Waals surface area contributed by atoms with Crippen LogP contribution in [0, 0.1) is 11.7 Å². The van der Waals surface area contributed by atoms with Gasteiger partial charge in [-0.05, 0) is 30.3 Å². The number of rotatable bonds is 7. The first kappa shape index (κ1) is 26.6. The number of halogens is 4. The maximum absolute atomic E-state index is 14.4. The van der Waals surface area contributed by atoms with Gasteiger partial charge in [0.25, 0.3) is 5.92 Å². The van der Waals surface area contributed by atoms with Crippen molar-refractivity contribution >= 4 is 35.1 Å². The molecule has 0 radical (unpaired) electrons. The number of ether oxygens (including phenoxy) is 1. The summed E-state index contributed by atoms with van der Waals surface area (Å²) in [5.41, 5.74) is 0.171. The molecule has 2 heterocycles. The van der Waals surface area contributed by atoms with E-state index in [-0.39, 0.29) is 28.7 Å². The molecular weight excluding hydrogens is 537 g/mol. The summed E-state index contributed by atoms with van der Waals surface area (Å²) in [5, 5.41) is 2.69. The van der Waals surface area contributed by atoms with Crippen LogP contribution in [-0.2, 0) is 19.1 Å². The van der Waals surface area contributed by atoms with E-state index in [1.807, 2.05) is 0 Å². The number of hydrogen-bond donors (Lipinski definition) is 1. The number of esters is 1. The number of anilines is 1. The van der Waals surface area contributed by atoms with E-state index < -0.39 is 66.3 Å². The molecule has 1 unspecified atom stereocenters. The predicted molar refractivity (Wildman–Crippen MR) is 133 cm³/mol. The summed E-state index contributed by atoms with van der Waals surface area (Å²) in [6.45, 7) is -0.335. The van der Waals surface area contributed by atoms with Crippen LogP contribution in [0.25, 0.3) is 0 Å². The van der Waals surface area contributed by atoms with Crippen LogP contribution in [-0.4, -0.2) is 46.3 Å². The summed E-state index contributed by atoms with van der Waals surface area (Å²) in [6.07, 6.45) is 1.71. The van der Waals surface area contributed by atoms with Crippen molar-refractivity contribution in [2.75, 3.05) is 11.5 Å². The summed E-state index contributed by atoms with van der Waals surface area (Å²) in [7, 11) is 0. The zero-order valence-electron chi connectivity index (χ0n) is 20.3. The molecule has 3 atom stereocenters. The smallest absolute Gasteiger partial charge is 0.317 e. The second-order valence-electron chi connectivity index (χ2n) is 9.40. The van der Waals surface area contributed by atoms with Gasteiger partial charge >= 0.3 is 5.97 Å². The third kappa shape index (κ3) is 5.44. The lowest BCUT2D eigenvalue weighted by Gasteiger charge is -2.38.